The molecule has 0 aliphatic heterocycles. The summed E-state index contributed by atoms with van der Waals surface area (Å²) >= 11 is 0. The number of hydrogen-bond donors (Lipinski definition) is 1. The van der Waals surface area contributed by atoms with Crippen LogP contribution in [0.3, 0.4) is 0 Å². The maximum Gasteiger partial charge on any atom is 0.339 e. The largest absolute Gasteiger partial charge is 0.462 e. The van der Waals surface area contributed by atoms with Gasteiger partial charge < -0.3 is 4.74 Å². The molecule has 0 spiro atoms. The number of terminal acetylenes is 1. The molecule has 0 atom stereocenters. The molecule has 1 aromatic rings. The zero-order valence-corrected chi connectivity index (χ0v) is 8.90. The number of nitrogens with one attached hydrogen (secondary N) is 1. The Labute approximate surface area is 93.7 Å². The van der Waals surface area contributed by atoms with Gasteiger partial charge in [0, 0.05) is 6.20 Å². The minimum absolute atomic E-state index is 0.140. The van der Waals surface area contributed by atoms with Gasteiger partial charge in [-0.2, -0.15) is 0 Å². The van der Waals surface area contributed by atoms with Crippen LogP contribution in [-0.2, 0) is 9.57 Å². The summed E-state index contributed by atoms with van der Waals surface area (Å²) in [5.74, 6) is 2.38. The molecule has 0 aliphatic carbocycles. The molecule has 0 aromatic carbocycles. The fourth-order valence-electron chi connectivity index (χ4n) is 0.941. The van der Waals surface area contributed by atoms with Gasteiger partial charge in [-0.3, -0.25) is 4.84 Å². The van der Waals surface area contributed by atoms with Gasteiger partial charge in [-0.25, -0.2) is 15.3 Å². The number of carbonyl (C=O) groups is 1. The first-order valence-electron chi connectivity index (χ1n) is 4.72. The van der Waals surface area contributed by atoms with Crippen molar-refractivity contribution in [2.75, 3.05) is 18.7 Å². The molecule has 1 aromatic heterocycles. The van der Waals surface area contributed by atoms with Crippen LogP contribution < -0.4 is 5.48 Å². The maximum absolute atomic E-state index is 11.3. The Balaban J connectivity index is 2.54. The Morgan fingerprint density at radius 3 is 3.00 bits per heavy atom. The van der Waals surface area contributed by atoms with Gasteiger partial charge in [-0.05, 0) is 19.1 Å². The molecule has 0 fully saturated rings. The molecule has 84 valence electrons. The maximum atomic E-state index is 11.3. The Morgan fingerprint density at radius 1 is 1.62 bits per heavy atom. The van der Waals surface area contributed by atoms with Crippen LogP contribution in [0.25, 0.3) is 0 Å². The van der Waals surface area contributed by atoms with Crippen LogP contribution in [0.2, 0.25) is 0 Å². The topological polar surface area (TPSA) is 60.5 Å². The zero-order valence-electron chi connectivity index (χ0n) is 8.90. The summed E-state index contributed by atoms with van der Waals surface area (Å²) < 4.78 is 4.81. The van der Waals surface area contributed by atoms with Crippen LogP contribution in [0.15, 0.2) is 18.3 Å². The molecule has 5 nitrogen and oxygen atoms in total. The summed E-state index contributed by atoms with van der Waals surface area (Å²) in [7, 11) is 0. The first kappa shape index (κ1) is 12.0. The van der Waals surface area contributed by atoms with E-state index in [-0.39, 0.29) is 6.61 Å². The molecule has 0 unspecified atom stereocenters. The molecule has 16 heavy (non-hydrogen) atoms. The van der Waals surface area contributed by atoms with Crippen LogP contribution in [0, 0.1) is 12.3 Å². The van der Waals surface area contributed by atoms with Gasteiger partial charge in [0.25, 0.3) is 0 Å². The van der Waals surface area contributed by atoms with E-state index >= 15 is 0 Å². The van der Waals surface area contributed by atoms with Crippen molar-refractivity contribution < 1.29 is 14.4 Å². The number of aromatic nitrogens is 1. The predicted molar refractivity (Wildman–Crippen MR) is 58.6 cm³/mol. The van der Waals surface area contributed by atoms with Gasteiger partial charge >= 0.3 is 5.97 Å². The van der Waals surface area contributed by atoms with Gasteiger partial charge in [0.05, 0.1) is 12.2 Å². The third kappa shape index (κ3) is 3.59. The molecule has 0 amide bonds. The fourth-order valence-corrected chi connectivity index (χ4v) is 0.941. The van der Waals surface area contributed by atoms with Crippen molar-refractivity contribution in [1.29, 1.82) is 0 Å². The molecule has 0 aliphatic rings. The van der Waals surface area contributed by atoms with E-state index in [4.69, 9.17) is 16.0 Å². The lowest BCUT2D eigenvalue weighted by Gasteiger charge is -2.04. The van der Waals surface area contributed by atoms with E-state index in [0.717, 1.165) is 0 Å². The van der Waals surface area contributed by atoms with Gasteiger partial charge in [-0.15, -0.1) is 6.42 Å². The Morgan fingerprint density at radius 2 is 2.44 bits per heavy atom. The third-order valence-corrected chi connectivity index (χ3v) is 1.61. The molecule has 0 radical (unpaired) electrons. The highest BCUT2D eigenvalue weighted by atomic mass is 16.6. The molecular formula is C11H12N2O3. The second kappa shape index (κ2) is 6.43. The first-order chi connectivity index (χ1) is 7.77. The van der Waals surface area contributed by atoms with E-state index in [1.54, 1.807) is 19.1 Å². The summed E-state index contributed by atoms with van der Waals surface area (Å²) in [6, 6.07) is 3.19. The predicted octanol–water partition coefficient (Wildman–Crippen LogP) is 1.23. The van der Waals surface area contributed by atoms with E-state index in [0.29, 0.717) is 18.0 Å². The quantitative estimate of drug-likeness (QED) is 0.350. The lowest BCUT2D eigenvalue weighted by Crippen LogP contribution is -2.07. The Bertz CT molecular complexity index is 381. The Kier molecular flexibility index (Phi) is 4.83. The summed E-state index contributed by atoms with van der Waals surface area (Å²) in [4.78, 5) is 20.1. The number of hydrogen-bond acceptors (Lipinski definition) is 5. The summed E-state index contributed by atoms with van der Waals surface area (Å²) in [6.45, 7) is 2.22. The number of anilines is 1. The molecule has 0 bridgehead atoms. The number of ether oxygens (including phenoxy) is 1. The molecule has 1 heterocycles. The SMILES string of the molecule is C#CCONc1ccc(C(=O)OCC)cn1. The number of esters is 1. The number of rotatable bonds is 5. The first-order valence-corrected chi connectivity index (χ1v) is 4.72. The minimum Gasteiger partial charge on any atom is -0.462 e. The summed E-state index contributed by atoms with van der Waals surface area (Å²) in [5.41, 5.74) is 2.93. The molecule has 1 N–H and O–H groups in total. The Hall–Kier alpha value is -2.06. The van der Waals surface area contributed by atoms with E-state index in [1.165, 1.54) is 6.20 Å². The highest BCUT2D eigenvalue weighted by Crippen LogP contribution is 2.06. The molecule has 0 saturated carbocycles. The van der Waals surface area contributed by atoms with Crippen molar-refractivity contribution in [3.8, 4) is 12.3 Å². The molecule has 1 rings (SSSR count). The average Bonchev–Trinajstić information content (AvgIpc) is 2.30. The van der Waals surface area contributed by atoms with Crippen molar-refractivity contribution in [2.45, 2.75) is 6.92 Å². The lowest BCUT2D eigenvalue weighted by atomic mass is 10.3. The second-order valence-electron chi connectivity index (χ2n) is 2.75. The monoisotopic (exact) mass is 220 g/mol. The summed E-state index contributed by atoms with van der Waals surface area (Å²) in [6.07, 6.45) is 6.40. The minimum atomic E-state index is -0.397. The van der Waals surface area contributed by atoms with E-state index < -0.39 is 5.97 Å². The molecule has 0 saturated heterocycles. The van der Waals surface area contributed by atoms with Crippen molar-refractivity contribution in [2.24, 2.45) is 0 Å². The normalized spacial score (nSPS) is 9.25. The molecule has 5 heteroatoms. The summed E-state index contributed by atoms with van der Waals surface area (Å²) in [5, 5.41) is 0. The van der Waals surface area contributed by atoms with Crippen LogP contribution in [0.4, 0.5) is 5.82 Å². The standard InChI is InChI=1S/C11H12N2O3/c1-3-7-16-13-10-6-5-9(8-12-10)11(14)15-4-2/h1,5-6,8H,4,7H2,2H3,(H,12,13). The van der Waals surface area contributed by atoms with Crippen LogP contribution in [0.5, 0.6) is 0 Å². The van der Waals surface area contributed by atoms with E-state index in [2.05, 4.69) is 16.4 Å². The zero-order chi connectivity index (χ0) is 11.8. The van der Waals surface area contributed by atoms with E-state index in [9.17, 15) is 4.79 Å². The smallest absolute Gasteiger partial charge is 0.339 e. The average molecular weight is 220 g/mol. The van der Waals surface area contributed by atoms with Crippen LogP contribution in [0.1, 0.15) is 17.3 Å². The third-order valence-electron chi connectivity index (χ3n) is 1.61. The van der Waals surface area contributed by atoms with Gasteiger partial charge in [0.1, 0.15) is 12.4 Å². The second-order valence-corrected chi connectivity index (χ2v) is 2.75. The molecular weight excluding hydrogens is 208 g/mol. The van der Waals surface area contributed by atoms with Gasteiger partial charge in [-0.1, -0.05) is 5.92 Å². The van der Waals surface area contributed by atoms with Gasteiger partial charge in [0.15, 0.2) is 0 Å². The van der Waals surface area contributed by atoms with Crippen molar-refractivity contribution in [1.82, 2.24) is 4.98 Å². The van der Waals surface area contributed by atoms with Crippen molar-refractivity contribution >= 4 is 11.8 Å². The van der Waals surface area contributed by atoms with Crippen molar-refractivity contribution in [3.63, 3.8) is 0 Å². The highest BCUT2D eigenvalue weighted by Gasteiger charge is 2.06. The van der Waals surface area contributed by atoms with E-state index in [1.807, 2.05) is 0 Å². The highest BCUT2D eigenvalue weighted by molar-refractivity contribution is 5.89. The number of nitrogens with zero attached hydrogens (tertiary/aromatic N) is 1. The lowest BCUT2D eigenvalue weighted by molar-refractivity contribution is 0.0526. The van der Waals surface area contributed by atoms with Gasteiger partial charge in [0.2, 0.25) is 0 Å². The van der Waals surface area contributed by atoms with Crippen LogP contribution >= 0.6 is 0 Å². The fraction of sp³-hybridized carbons (Fsp3) is 0.273. The number of carbonyl (C=O) groups excluding carboxylic acids is 1. The number of pyridine rings is 1. The van der Waals surface area contributed by atoms with Crippen LogP contribution in [-0.4, -0.2) is 24.2 Å². The van der Waals surface area contributed by atoms with Crippen molar-refractivity contribution in [3.05, 3.63) is 23.9 Å².